The zero-order chi connectivity index (χ0) is 11.8. The lowest BCUT2D eigenvalue weighted by Gasteiger charge is -2.01. The fourth-order valence-corrected chi connectivity index (χ4v) is 2.67. The van der Waals surface area contributed by atoms with Gasteiger partial charge in [-0.15, -0.1) is 11.3 Å². The second-order valence-electron chi connectivity index (χ2n) is 3.92. The van der Waals surface area contributed by atoms with Gasteiger partial charge in [-0.1, -0.05) is 18.2 Å². The quantitative estimate of drug-likeness (QED) is 0.596. The van der Waals surface area contributed by atoms with Crippen molar-refractivity contribution in [2.45, 2.75) is 0 Å². The average Bonchev–Trinajstić information content (AvgIpc) is 2.69. The molecule has 0 aliphatic carbocycles. The number of hydrogen-bond donors (Lipinski definition) is 0. The summed E-state index contributed by atoms with van der Waals surface area (Å²) in [6.07, 6.45) is 0. The lowest BCUT2D eigenvalue weighted by Crippen LogP contribution is -1.96. The van der Waals surface area contributed by atoms with Gasteiger partial charge in [0, 0.05) is 4.91 Å². The minimum atomic E-state index is -0.209. The first-order valence-electron chi connectivity index (χ1n) is 5.35. The molecule has 82 valence electrons. The van der Waals surface area contributed by atoms with Gasteiger partial charge in [0.2, 0.25) is 0 Å². The van der Waals surface area contributed by atoms with Crippen LogP contribution in [0.5, 0.6) is 0 Å². The highest BCUT2D eigenvalue weighted by atomic mass is 32.1. The Hall–Kier alpha value is -1.68. The third-order valence-corrected chi connectivity index (χ3v) is 3.62. The maximum Gasteiger partial charge on any atom is 0.177 e. The molecule has 0 aliphatic rings. The summed E-state index contributed by atoms with van der Waals surface area (Å²) in [5.74, 6) is -0.209. The van der Waals surface area contributed by atoms with Crippen molar-refractivity contribution in [1.29, 1.82) is 0 Å². The van der Waals surface area contributed by atoms with E-state index in [0.717, 1.165) is 21.6 Å². The van der Waals surface area contributed by atoms with E-state index in [4.69, 9.17) is 0 Å². The fourth-order valence-electron chi connectivity index (χ4n) is 1.86. The number of thiazole rings is 1. The highest BCUT2D eigenvalue weighted by Crippen LogP contribution is 2.25. The minimum Gasteiger partial charge on any atom is -0.252 e. The third-order valence-electron chi connectivity index (χ3n) is 2.67. The molecule has 0 unspecified atom stereocenters. The van der Waals surface area contributed by atoms with E-state index < -0.39 is 0 Å². The number of benzene rings is 2. The van der Waals surface area contributed by atoms with Crippen LogP contribution >= 0.6 is 11.3 Å². The molecule has 4 heteroatoms. The van der Waals surface area contributed by atoms with Crippen LogP contribution in [0, 0.1) is 5.82 Å². The molecular weight excluding hydrogens is 232 g/mol. The summed E-state index contributed by atoms with van der Waals surface area (Å²) in [6, 6.07) is 12.7. The van der Waals surface area contributed by atoms with Gasteiger partial charge in [0.25, 0.3) is 0 Å². The molecule has 0 radical (unpaired) electrons. The number of fused-ring (bicyclic) bond motifs is 1. The number of hydrogen-bond acceptors (Lipinski definition) is 2. The Kier molecular flexibility index (Phi) is 2.44. The summed E-state index contributed by atoms with van der Waals surface area (Å²) in [5.41, 5.74) is 3.09. The van der Waals surface area contributed by atoms with Gasteiger partial charge in [-0.3, -0.25) is 4.98 Å². The largest absolute Gasteiger partial charge is 0.252 e. The van der Waals surface area contributed by atoms with E-state index in [0.29, 0.717) is 0 Å². The summed E-state index contributed by atoms with van der Waals surface area (Å²) in [5, 5.41) is 0. The van der Waals surface area contributed by atoms with E-state index >= 15 is 0 Å². The van der Waals surface area contributed by atoms with E-state index in [-0.39, 0.29) is 5.82 Å². The van der Waals surface area contributed by atoms with Crippen LogP contribution in [0.4, 0.5) is 4.39 Å². The predicted molar refractivity (Wildman–Crippen MR) is 73.2 cm³/mol. The molecule has 1 aromatic heterocycles. The van der Waals surface area contributed by atoms with Gasteiger partial charge in [-0.25, -0.2) is 4.39 Å². The van der Waals surface area contributed by atoms with Crippen LogP contribution in [0.25, 0.3) is 21.3 Å². The van der Waals surface area contributed by atoms with Crippen molar-refractivity contribution in [3.05, 3.63) is 48.3 Å². The van der Waals surface area contributed by atoms with Crippen molar-refractivity contribution in [2.24, 2.45) is 0 Å². The monoisotopic (exact) mass is 241 g/mol. The second-order valence-corrected chi connectivity index (χ2v) is 5.16. The van der Waals surface area contributed by atoms with Gasteiger partial charge in [-0.05, 0) is 35.4 Å². The maximum atomic E-state index is 12.8. The number of rotatable bonds is 1. The molecule has 17 heavy (non-hydrogen) atoms. The van der Waals surface area contributed by atoms with Crippen molar-refractivity contribution < 1.29 is 4.39 Å². The number of aromatic nitrogens is 1. The van der Waals surface area contributed by atoms with Gasteiger partial charge >= 0.3 is 0 Å². The van der Waals surface area contributed by atoms with Crippen LogP contribution in [0.2, 0.25) is 0 Å². The van der Waals surface area contributed by atoms with Gasteiger partial charge < -0.3 is 0 Å². The van der Waals surface area contributed by atoms with Gasteiger partial charge in [0.1, 0.15) is 5.82 Å². The molecule has 2 aromatic carbocycles. The molecule has 0 spiro atoms. The third kappa shape index (κ3) is 1.96. The maximum absolute atomic E-state index is 12.8. The minimum absolute atomic E-state index is 0.209. The number of nitrogens with zero attached hydrogens (tertiary/aromatic N) is 1. The molecule has 0 fully saturated rings. The van der Waals surface area contributed by atoms with Gasteiger partial charge in [0.05, 0.1) is 10.2 Å². The summed E-state index contributed by atoms with van der Waals surface area (Å²) in [6.45, 7) is 0. The van der Waals surface area contributed by atoms with E-state index in [9.17, 15) is 4.39 Å². The smallest absolute Gasteiger partial charge is 0.177 e. The molecule has 0 saturated heterocycles. The van der Waals surface area contributed by atoms with Crippen molar-refractivity contribution in [3.63, 3.8) is 0 Å². The van der Waals surface area contributed by atoms with Gasteiger partial charge in [0.15, 0.2) is 7.85 Å². The van der Waals surface area contributed by atoms with E-state index in [2.05, 4.69) is 11.1 Å². The molecule has 0 atom stereocenters. The van der Waals surface area contributed by atoms with E-state index in [1.54, 1.807) is 23.5 Å². The average molecular weight is 241 g/mol. The van der Waals surface area contributed by atoms with Gasteiger partial charge in [-0.2, -0.15) is 0 Å². The predicted octanol–water partition coefficient (Wildman–Crippen LogP) is 2.36. The molecular formula is C13H9BFNS. The van der Waals surface area contributed by atoms with Crippen LogP contribution in [-0.4, -0.2) is 12.8 Å². The van der Waals surface area contributed by atoms with Crippen LogP contribution in [-0.2, 0) is 0 Å². The first-order chi connectivity index (χ1) is 8.22. The molecule has 0 aliphatic heterocycles. The van der Waals surface area contributed by atoms with E-state index in [1.807, 2.05) is 20.0 Å². The normalized spacial score (nSPS) is 10.9. The Bertz CT molecular complexity index is 675. The lowest BCUT2D eigenvalue weighted by atomic mass is 10.1. The first-order valence-corrected chi connectivity index (χ1v) is 6.17. The number of halogens is 1. The Balaban J connectivity index is 2.13. The highest BCUT2D eigenvalue weighted by Gasteiger charge is 2.03. The summed E-state index contributed by atoms with van der Waals surface area (Å²) in [4.78, 5) is 5.53. The Morgan fingerprint density at radius 3 is 2.47 bits per heavy atom. The molecule has 0 N–H and O–H groups in total. The van der Waals surface area contributed by atoms with Crippen LogP contribution in [0.1, 0.15) is 0 Å². The van der Waals surface area contributed by atoms with E-state index in [1.165, 1.54) is 16.8 Å². The molecule has 1 nitrogen and oxygen atoms in total. The van der Waals surface area contributed by atoms with Crippen molar-refractivity contribution in [2.75, 3.05) is 0 Å². The topological polar surface area (TPSA) is 12.9 Å². The molecule has 3 aromatic rings. The molecule has 0 saturated carbocycles. The van der Waals surface area contributed by atoms with Crippen molar-refractivity contribution in [3.8, 4) is 11.1 Å². The Labute approximate surface area is 103 Å². The lowest BCUT2D eigenvalue weighted by molar-refractivity contribution is 0.628. The first kappa shape index (κ1) is 10.5. The molecule has 0 bridgehead atoms. The highest BCUT2D eigenvalue weighted by molar-refractivity contribution is 7.25. The van der Waals surface area contributed by atoms with Crippen LogP contribution in [0.3, 0.4) is 0 Å². The Morgan fingerprint density at radius 1 is 1.00 bits per heavy atom. The van der Waals surface area contributed by atoms with Crippen molar-refractivity contribution >= 4 is 34.3 Å². The fraction of sp³-hybridized carbons (Fsp3) is 0. The summed E-state index contributed by atoms with van der Waals surface area (Å²) in [7, 11) is 2.00. The SMILES string of the molecule is Bc1nc2cc(-c3ccc(F)cc3)ccc2s1. The molecule has 1 heterocycles. The zero-order valence-electron chi connectivity index (χ0n) is 9.27. The summed E-state index contributed by atoms with van der Waals surface area (Å²) >= 11 is 1.69. The standard InChI is InChI=1S/C13H9BFNS/c14-13-16-11-7-9(3-6-12(11)17-13)8-1-4-10(15)5-2-8/h1-7H,14H2. The zero-order valence-corrected chi connectivity index (χ0v) is 10.1. The summed E-state index contributed by atoms with van der Waals surface area (Å²) < 4.78 is 14.0. The van der Waals surface area contributed by atoms with Crippen LogP contribution in [0.15, 0.2) is 42.5 Å². The molecule has 3 rings (SSSR count). The molecule has 0 amide bonds. The second kappa shape index (κ2) is 3.97. The van der Waals surface area contributed by atoms with Crippen molar-refractivity contribution in [1.82, 2.24) is 4.98 Å². The van der Waals surface area contributed by atoms with Crippen LogP contribution < -0.4 is 4.91 Å². The Morgan fingerprint density at radius 2 is 1.71 bits per heavy atom.